The Morgan fingerprint density at radius 3 is 1.11 bits per heavy atom. The number of carboxylic acid groups (broad SMARTS) is 2. The van der Waals surface area contributed by atoms with Crippen molar-refractivity contribution in [2.24, 2.45) is 10.3 Å². The second-order valence-electron chi connectivity index (χ2n) is 2.28. The Balaban J connectivity index is -0.000000197. The third-order valence-electron chi connectivity index (χ3n) is 0.951. The molecule has 0 fully saturated rings. The van der Waals surface area contributed by atoms with Gasteiger partial charge in [0.2, 0.25) is 10.3 Å². The molecule has 0 aromatic heterocycles. The molecule has 10 heteroatoms. The summed E-state index contributed by atoms with van der Waals surface area (Å²) >= 11 is 9.99. The van der Waals surface area contributed by atoms with Crippen molar-refractivity contribution in [3.63, 3.8) is 0 Å². The van der Waals surface area contributed by atoms with Gasteiger partial charge in [0, 0.05) is 12.8 Å². The number of nitrogens with zero attached hydrogens (tertiary/aromatic N) is 2. The van der Waals surface area contributed by atoms with E-state index in [-0.39, 0.29) is 12.8 Å². The number of halogens is 2. The highest BCUT2D eigenvalue weighted by Gasteiger charge is 2.00. The summed E-state index contributed by atoms with van der Waals surface area (Å²) in [6.07, 6.45) is 0.444. The number of hydrogen-bond acceptors (Lipinski definition) is 6. The molecule has 4 N–H and O–H groups in total. The van der Waals surface area contributed by atoms with Crippen LogP contribution in [0.5, 0.6) is 0 Å². The van der Waals surface area contributed by atoms with Crippen LogP contribution < -0.4 is 0 Å². The molecule has 0 aliphatic carbocycles. The van der Waals surface area contributed by atoms with Gasteiger partial charge in [-0.05, 0) is 0 Å². The highest BCUT2D eigenvalue weighted by molar-refractivity contribution is 7.00. The number of oxime groups is 2. The van der Waals surface area contributed by atoms with E-state index >= 15 is 0 Å². The zero-order chi connectivity index (χ0) is 15.1. The first-order chi connectivity index (χ1) is 8.26. The van der Waals surface area contributed by atoms with Crippen LogP contribution in [-0.2, 0) is 9.59 Å². The Kier molecular flexibility index (Phi) is 18.7. The molecule has 0 heterocycles. The SMILES string of the molecule is CCC(=O)O.CCC(=O)O.O/N=C(Cl)\C(Cl)=N/O. The fraction of sp³-hybridized carbons (Fsp3) is 0.500. The average Bonchev–Trinajstić information content (AvgIpc) is 2.37. The second-order valence-corrected chi connectivity index (χ2v) is 2.99. The van der Waals surface area contributed by atoms with Crippen LogP contribution in [0.4, 0.5) is 0 Å². The van der Waals surface area contributed by atoms with Crippen molar-refractivity contribution < 1.29 is 30.2 Å². The molecule has 0 bridgehead atoms. The van der Waals surface area contributed by atoms with Gasteiger partial charge in [0.25, 0.3) is 0 Å². The van der Waals surface area contributed by atoms with Gasteiger partial charge < -0.3 is 20.6 Å². The van der Waals surface area contributed by atoms with E-state index in [1.807, 2.05) is 0 Å². The first-order valence-corrected chi connectivity index (χ1v) is 5.21. The predicted octanol–water partition coefficient (Wildman–Crippen LogP) is 2.00. The van der Waals surface area contributed by atoms with Crippen molar-refractivity contribution in [1.29, 1.82) is 0 Å². The predicted molar refractivity (Wildman–Crippen MR) is 66.0 cm³/mol. The molecule has 0 saturated heterocycles. The Labute approximate surface area is 113 Å². The lowest BCUT2D eigenvalue weighted by Crippen LogP contribution is -1.97. The Morgan fingerprint density at radius 1 is 0.889 bits per heavy atom. The van der Waals surface area contributed by atoms with Crippen LogP contribution in [0.1, 0.15) is 26.7 Å². The Morgan fingerprint density at radius 2 is 1.06 bits per heavy atom. The highest BCUT2D eigenvalue weighted by Crippen LogP contribution is 1.93. The van der Waals surface area contributed by atoms with E-state index in [0.29, 0.717) is 0 Å². The zero-order valence-electron chi connectivity index (χ0n) is 9.67. The molecule has 0 saturated carbocycles. The second kappa shape index (κ2) is 15.5. The summed E-state index contributed by atoms with van der Waals surface area (Å²) in [6.45, 7) is 3.20. The fourth-order valence-corrected chi connectivity index (χ4v) is 0.158. The van der Waals surface area contributed by atoms with Crippen LogP contribution in [0.15, 0.2) is 10.3 Å². The number of carbonyl (C=O) groups is 2. The van der Waals surface area contributed by atoms with Gasteiger partial charge in [-0.15, -0.1) is 0 Å². The Hall–Kier alpha value is -1.54. The van der Waals surface area contributed by atoms with Crippen LogP contribution in [0.25, 0.3) is 0 Å². The number of carboxylic acids is 2. The number of hydrogen-bond donors (Lipinski definition) is 4. The molecule has 0 aliphatic heterocycles. The molecule has 0 radical (unpaired) electrons. The van der Waals surface area contributed by atoms with Crippen LogP contribution in [0, 0.1) is 0 Å². The topological polar surface area (TPSA) is 140 Å². The molecule has 8 nitrogen and oxygen atoms in total. The van der Waals surface area contributed by atoms with Crippen molar-refractivity contribution in [2.75, 3.05) is 0 Å². The minimum Gasteiger partial charge on any atom is -0.481 e. The molecular weight excluding hydrogens is 291 g/mol. The van der Waals surface area contributed by atoms with Crippen molar-refractivity contribution >= 4 is 45.5 Å². The van der Waals surface area contributed by atoms with Crippen molar-refractivity contribution in [3.8, 4) is 0 Å². The molecule has 18 heavy (non-hydrogen) atoms. The van der Waals surface area contributed by atoms with Crippen LogP contribution in [0.2, 0.25) is 0 Å². The highest BCUT2D eigenvalue weighted by atomic mass is 35.5. The van der Waals surface area contributed by atoms with Crippen molar-refractivity contribution in [1.82, 2.24) is 0 Å². The third-order valence-corrected chi connectivity index (χ3v) is 1.56. The molecule has 106 valence electrons. The molecule has 0 aliphatic rings. The third kappa shape index (κ3) is 23.9. The van der Waals surface area contributed by atoms with E-state index in [1.165, 1.54) is 0 Å². The molecule has 0 rings (SSSR count). The summed E-state index contributed by atoms with van der Waals surface area (Å²) in [5.41, 5.74) is 0. The quantitative estimate of drug-likeness (QED) is 0.357. The average molecular weight is 305 g/mol. The van der Waals surface area contributed by atoms with Crippen LogP contribution in [0.3, 0.4) is 0 Å². The zero-order valence-corrected chi connectivity index (χ0v) is 11.2. The lowest BCUT2D eigenvalue weighted by atomic mass is 10.5. The Bertz CT molecular complexity index is 276. The van der Waals surface area contributed by atoms with Gasteiger partial charge >= 0.3 is 11.9 Å². The molecular formula is C8H14Cl2N2O6. The number of aliphatic carboxylic acids is 2. The van der Waals surface area contributed by atoms with E-state index in [0.717, 1.165) is 0 Å². The van der Waals surface area contributed by atoms with E-state index < -0.39 is 22.3 Å². The van der Waals surface area contributed by atoms with E-state index in [9.17, 15) is 9.59 Å². The van der Waals surface area contributed by atoms with E-state index in [4.69, 9.17) is 43.8 Å². The van der Waals surface area contributed by atoms with Gasteiger partial charge in [-0.3, -0.25) is 9.59 Å². The summed E-state index contributed by atoms with van der Waals surface area (Å²) in [4.78, 5) is 18.7. The maximum absolute atomic E-state index is 9.37. The standard InChI is InChI=1S/2C3H6O2.C2H2Cl2N2O2/c2*1-2-3(4)5;3-1(5-7)2(4)6-8/h2*2H2,1H3,(H,4,5);7-8H/b;;5-1+,6-2+. The maximum Gasteiger partial charge on any atom is 0.303 e. The lowest BCUT2D eigenvalue weighted by molar-refractivity contribution is -0.137. The summed E-state index contributed by atoms with van der Waals surface area (Å²) in [5.74, 6) is -1.49. The van der Waals surface area contributed by atoms with Crippen LogP contribution >= 0.6 is 23.2 Å². The summed E-state index contributed by atoms with van der Waals surface area (Å²) in [7, 11) is 0. The van der Waals surface area contributed by atoms with Gasteiger partial charge in [0.15, 0.2) is 0 Å². The monoisotopic (exact) mass is 304 g/mol. The lowest BCUT2D eigenvalue weighted by Gasteiger charge is -1.83. The minimum atomic E-state index is -0.745. The summed E-state index contributed by atoms with van der Waals surface area (Å²) in [5, 5.41) is 35.0. The van der Waals surface area contributed by atoms with Crippen molar-refractivity contribution in [2.45, 2.75) is 26.7 Å². The molecule has 0 amide bonds. The first kappa shape index (κ1) is 21.7. The van der Waals surface area contributed by atoms with E-state index in [2.05, 4.69) is 10.3 Å². The molecule has 0 atom stereocenters. The van der Waals surface area contributed by atoms with Gasteiger partial charge in [0.1, 0.15) is 0 Å². The minimum absolute atomic E-state index is 0.222. The first-order valence-electron chi connectivity index (χ1n) is 4.45. The normalized spacial score (nSPS) is 10.4. The summed E-state index contributed by atoms with van der Waals surface area (Å²) < 4.78 is 0. The van der Waals surface area contributed by atoms with Gasteiger partial charge in [-0.1, -0.05) is 47.4 Å². The van der Waals surface area contributed by atoms with Crippen LogP contribution in [-0.4, -0.2) is 42.9 Å². The van der Waals surface area contributed by atoms with Gasteiger partial charge in [-0.2, -0.15) is 0 Å². The number of rotatable bonds is 3. The van der Waals surface area contributed by atoms with E-state index in [1.54, 1.807) is 13.8 Å². The molecule has 0 spiro atoms. The van der Waals surface area contributed by atoms with Gasteiger partial charge in [0.05, 0.1) is 0 Å². The molecule has 0 unspecified atom stereocenters. The van der Waals surface area contributed by atoms with Gasteiger partial charge in [-0.25, -0.2) is 0 Å². The summed E-state index contributed by atoms with van der Waals surface area (Å²) in [6, 6.07) is 0. The maximum atomic E-state index is 9.37. The molecule has 0 aromatic carbocycles. The van der Waals surface area contributed by atoms with Crippen molar-refractivity contribution in [3.05, 3.63) is 0 Å². The fourth-order valence-electron chi connectivity index (χ4n) is 0.0825. The molecule has 0 aromatic rings. The smallest absolute Gasteiger partial charge is 0.303 e. The largest absolute Gasteiger partial charge is 0.481 e.